The van der Waals surface area contributed by atoms with Crippen LogP contribution in [-0.2, 0) is 14.2 Å². The molecule has 0 heterocycles. The smallest absolute Gasteiger partial charge is 0.283 e. The molecule has 144 valence electrons. The van der Waals surface area contributed by atoms with Gasteiger partial charge in [0.05, 0.1) is 0 Å². The second-order valence-corrected chi connectivity index (χ2v) is 6.26. The van der Waals surface area contributed by atoms with Gasteiger partial charge in [-0.2, -0.15) is 0 Å². The summed E-state index contributed by atoms with van der Waals surface area (Å²) in [5.41, 5.74) is 0. The van der Waals surface area contributed by atoms with Crippen molar-refractivity contribution in [3.63, 3.8) is 0 Å². The van der Waals surface area contributed by atoms with Crippen molar-refractivity contribution in [2.75, 3.05) is 19.8 Å². The van der Waals surface area contributed by atoms with Gasteiger partial charge in [0.25, 0.3) is 5.97 Å². The molecule has 0 bridgehead atoms. The summed E-state index contributed by atoms with van der Waals surface area (Å²) in [6.45, 7) is 10.0. The van der Waals surface area contributed by atoms with Gasteiger partial charge in [0.15, 0.2) is 0 Å². The summed E-state index contributed by atoms with van der Waals surface area (Å²) in [5.74, 6) is -0.860. The van der Waals surface area contributed by atoms with E-state index in [4.69, 9.17) is 14.2 Å². The van der Waals surface area contributed by atoms with Gasteiger partial charge >= 0.3 is 0 Å². The predicted molar refractivity (Wildman–Crippen MR) is 103 cm³/mol. The van der Waals surface area contributed by atoms with Crippen LogP contribution in [0, 0.1) is 0 Å². The molecule has 24 heavy (non-hydrogen) atoms. The maximum absolute atomic E-state index is 5.73. The molecule has 0 unspecified atom stereocenters. The molecule has 0 saturated carbocycles. The molecule has 0 amide bonds. The average Bonchev–Trinajstić information content (AvgIpc) is 2.56. The minimum atomic E-state index is -0.860. The Hall–Kier alpha value is -0.380. The fraction of sp³-hybridized carbons (Fsp3) is 0.905. The topological polar surface area (TPSA) is 27.7 Å². The summed E-state index contributed by atoms with van der Waals surface area (Å²) in [6, 6.07) is 0. The molecule has 0 aliphatic rings. The molecule has 0 aromatic heterocycles. The van der Waals surface area contributed by atoms with Crippen LogP contribution in [0.4, 0.5) is 0 Å². The molecule has 0 aliphatic heterocycles. The zero-order valence-electron chi connectivity index (χ0n) is 16.8. The van der Waals surface area contributed by atoms with E-state index in [0.717, 1.165) is 12.8 Å². The van der Waals surface area contributed by atoms with Crippen LogP contribution in [0.2, 0.25) is 0 Å². The van der Waals surface area contributed by atoms with Gasteiger partial charge in [-0.15, -0.1) is 0 Å². The van der Waals surface area contributed by atoms with Gasteiger partial charge in [0.2, 0.25) is 0 Å². The van der Waals surface area contributed by atoms with Crippen LogP contribution >= 0.6 is 0 Å². The first-order valence-electron chi connectivity index (χ1n) is 10.3. The first-order chi connectivity index (χ1) is 11.7. The van der Waals surface area contributed by atoms with Gasteiger partial charge in [0, 0.05) is 26.2 Å². The lowest BCUT2D eigenvalue weighted by Gasteiger charge is -2.32. The summed E-state index contributed by atoms with van der Waals surface area (Å²) >= 11 is 0. The Morgan fingerprint density at radius 3 is 1.54 bits per heavy atom. The van der Waals surface area contributed by atoms with E-state index in [9.17, 15) is 0 Å². The van der Waals surface area contributed by atoms with E-state index >= 15 is 0 Å². The average molecular weight is 343 g/mol. The lowest BCUT2D eigenvalue weighted by atomic mass is 10.1. The summed E-state index contributed by atoms with van der Waals surface area (Å²) in [6.07, 6.45) is 18.4. The zero-order valence-corrected chi connectivity index (χ0v) is 16.8. The molecule has 3 nitrogen and oxygen atoms in total. The van der Waals surface area contributed by atoms with Gasteiger partial charge in [-0.3, -0.25) is 0 Å². The fourth-order valence-electron chi connectivity index (χ4n) is 2.89. The number of hydrogen-bond acceptors (Lipinski definition) is 3. The van der Waals surface area contributed by atoms with E-state index in [-0.39, 0.29) is 0 Å². The lowest BCUT2D eigenvalue weighted by Crippen LogP contribution is -2.39. The summed E-state index contributed by atoms with van der Waals surface area (Å²) in [7, 11) is 0. The van der Waals surface area contributed by atoms with Crippen molar-refractivity contribution in [1.29, 1.82) is 0 Å². The minimum absolute atomic E-state index is 0.599. The molecule has 0 saturated heterocycles. The van der Waals surface area contributed by atoms with Gasteiger partial charge in [-0.1, -0.05) is 64.0 Å². The van der Waals surface area contributed by atoms with E-state index in [2.05, 4.69) is 19.1 Å². The van der Waals surface area contributed by atoms with Crippen LogP contribution in [0.3, 0.4) is 0 Å². The van der Waals surface area contributed by atoms with Crippen LogP contribution < -0.4 is 0 Å². The molecular weight excluding hydrogens is 300 g/mol. The van der Waals surface area contributed by atoms with E-state index < -0.39 is 5.97 Å². The Labute approximate surface area is 151 Å². The van der Waals surface area contributed by atoms with Crippen molar-refractivity contribution in [2.45, 2.75) is 104 Å². The van der Waals surface area contributed by atoms with Gasteiger partial charge in [-0.05, 0) is 40.0 Å². The SMILES string of the molecule is CCCCCCCCCCC=CCCC(OCC)(OCC)OCC. The van der Waals surface area contributed by atoms with Gasteiger partial charge in [-0.25, -0.2) is 0 Å². The minimum Gasteiger partial charge on any atom is -0.328 e. The maximum atomic E-state index is 5.73. The molecule has 0 rings (SSSR count). The lowest BCUT2D eigenvalue weighted by molar-refractivity contribution is -0.379. The molecule has 0 aromatic carbocycles. The standard InChI is InChI=1S/C21H42O3/c1-5-9-10-11-12-13-14-15-16-17-18-19-20-21(22-6-2,23-7-3)24-8-4/h17-18H,5-16,19-20H2,1-4H3. The normalized spacial score (nSPS) is 12.3. The molecular formula is C21H42O3. The highest BCUT2D eigenvalue weighted by Gasteiger charge is 2.31. The van der Waals surface area contributed by atoms with Crippen molar-refractivity contribution < 1.29 is 14.2 Å². The highest BCUT2D eigenvalue weighted by molar-refractivity contribution is 4.82. The van der Waals surface area contributed by atoms with E-state index in [0.29, 0.717) is 19.8 Å². The Balaban J connectivity index is 3.76. The summed E-state index contributed by atoms with van der Waals surface area (Å²) < 4.78 is 17.2. The third-order valence-corrected chi connectivity index (χ3v) is 4.10. The first-order valence-corrected chi connectivity index (χ1v) is 10.3. The van der Waals surface area contributed by atoms with Gasteiger partial charge in [0.1, 0.15) is 0 Å². The van der Waals surface area contributed by atoms with Gasteiger partial charge < -0.3 is 14.2 Å². The number of unbranched alkanes of at least 4 members (excludes halogenated alkanes) is 8. The third-order valence-electron chi connectivity index (χ3n) is 4.10. The second kappa shape index (κ2) is 17.4. The second-order valence-electron chi connectivity index (χ2n) is 6.26. The number of rotatable bonds is 18. The van der Waals surface area contributed by atoms with Crippen LogP contribution in [0.25, 0.3) is 0 Å². The van der Waals surface area contributed by atoms with Crippen LogP contribution in [0.5, 0.6) is 0 Å². The monoisotopic (exact) mass is 342 g/mol. The Morgan fingerprint density at radius 1 is 0.583 bits per heavy atom. The molecule has 0 N–H and O–H groups in total. The van der Waals surface area contributed by atoms with Crippen molar-refractivity contribution >= 4 is 0 Å². The fourth-order valence-corrected chi connectivity index (χ4v) is 2.89. The summed E-state index contributed by atoms with van der Waals surface area (Å²) in [4.78, 5) is 0. The quantitative estimate of drug-likeness (QED) is 0.159. The molecule has 0 radical (unpaired) electrons. The highest BCUT2D eigenvalue weighted by Crippen LogP contribution is 2.22. The van der Waals surface area contributed by atoms with Crippen molar-refractivity contribution in [1.82, 2.24) is 0 Å². The molecule has 0 aromatic rings. The molecule has 3 heteroatoms. The highest BCUT2D eigenvalue weighted by atomic mass is 16.9. The number of ether oxygens (including phenoxy) is 3. The maximum Gasteiger partial charge on any atom is 0.283 e. The summed E-state index contributed by atoms with van der Waals surface area (Å²) in [5, 5.41) is 0. The van der Waals surface area contributed by atoms with E-state index in [1.54, 1.807) is 0 Å². The zero-order chi connectivity index (χ0) is 17.9. The van der Waals surface area contributed by atoms with E-state index in [1.165, 1.54) is 57.8 Å². The molecule has 0 spiro atoms. The Kier molecular flexibility index (Phi) is 17.2. The number of hydrogen-bond donors (Lipinski definition) is 0. The Morgan fingerprint density at radius 2 is 1.04 bits per heavy atom. The predicted octanol–water partition coefficient (Wildman–Crippen LogP) is 6.62. The van der Waals surface area contributed by atoms with Crippen LogP contribution in [0.1, 0.15) is 98.3 Å². The largest absolute Gasteiger partial charge is 0.328 e. The van der Waals surface area contributed by atoms with Crippen LogP contribution in [-0.4, -0.2) is 25.8 Å². The van der Waals surface area contributed by atoms with Crippen molar-refractivity contribution in [3.05, 3.63) is 12.2 Å². The molecule has 0 aliphatic carbocycles. The molecule has 0 fully saturated rings. The van der Waals surface area contributed by atoms with Crippen LogP contribution in [0.15, 0.2) is 12.2 Å². The Bertz CT molecular complexity index is 259. The third kappa shape index (κ3) is 13.0. The first kappa shape index (κ1) is 23.6. The van der Waals surface area contributed by atoms with E-state index in [1.807, 2.05) is 20.8 Å². The molecule has 0 atom stereocenters. The van der Waals surface area contributed by atoms with Crippen molar-refractivity contribution in [3.8, 4) is 0 Å². The number of allylic oxidation sites excluding steroid dienone is 2. The van der Waals surface area contributed by atoms with Crippen molar-refractivity contribution in [2.24, 2.45) is 0 Å².